The van der Waals surface area contributed by atoms with Crippen molar-refractivity contribution in [1.29, 1.82) is 0 Å². The summed E-state index contributed by atoms with van der Waals surface area (Å²) in [4.78, 5) is 16.9. The molecule has 0 saturated carbocycles. The summed E-state index contributed by atoms with van der Waals surface area (Å²) < 4.78 is 0. The molecule has 0 radical (unpaired) electrons. The van der Waals surface area contributed by atoms with E-state index in [2.05, 4.69) is 25.7 Å². The van der Waals surface area contributed by atoms with Crippen molar-refractivity contribution in [3.05, 3.63) is 0 Å². The monoisotopic (exact) mass is 282 g/mol. The van der Waals surface area contributed by atoms with Crippen molar-refractivity contribution < 1.29 is 9.90 Å². The van der Waals surface area contributed by atoms with Crippen molar-refractivity contribution in [2.75, 3.05) is 26.2 Å². The molecule has 116 valence electrons. The highest BCUT2D eigenvalue weighted by atomic mass is 16.3. The Morgan fingerprint density at radius 2 is 1.75 bits per heavy atom. The molecule has 2 aliphatic heterocycles. The number of nitrogens with zero attached hydrogens (tertiary/aromatic N) is 2. The predicted octanol–water partition coefficient (Wildman–Crippen LogP) is 1.58. The Balaban J connectivity index is 1.94. The van der Waals surface area contributed by atoms with Crippen LogP contribution in [-0.2, 0) is 4.79 Å². The molecule has 0 spiro atoms. The number of amides is 1. The molecule has 2 heterocycles. The van der Waals surface area contributed by atoms with Crippen LogP contribution in [0, 0.1) is 17.8 Å². The van der Waals surface area contributed by atoms with E-state index in [9.17, 15) is 9.90 Å². The summed E-state index contributed by atoms with van der Waals surface area (Å²) in [6.45, 7) is 11.9. The summed E-state index contributed by atoms with van der Waals surface area (Å²) >= 11 is 0. The van der Waals surface area contributed by atoms with Gasteiger partial charge in [0.05, 0.1) is 12.1 Å². The third-order valence-corrected chi connectivity index (χ3v) is 5.04. The van der Waals surface area contributed by atoms with Gasteiger partial charge in [-0.2, -0.15) is 0 Å². The number of carbonyl (C=O) groups excluding carboxylic acids is 1. The number of hydrogen-bond acceptors (Lipinski definition) is 3. The maximum Gasteiger partial charge on any atom is 0.239 e. The van der Waals surface area contributed by atoms with Gasteiger partial charge in [-0.05, 0) is 44.1 Å². The minimum absolute atomic E-state index is 0.102. The van der Waals surface area contributed by atoms with Gasteiger partial charge in [0.2, 0.25) is 5.91 Å². The highest BCUT2D eigenvalue weighted by Crippen LogP contribution is 2.24. The molecule has 5 atom stereocenters. The lowest BCUT2D eigenvalue weighted by Gasteiger charge is -2.41. The topological polar surface area (TPSA) is 43.8 Å². The summed E-state index contributed by atoms with van der Waals surface area (Å²) in [5, 5.41) is 10.0. The average molecular weight is 282 g/mol. The van der Waals surface area contributed by atoms with Crippen molar-refractivity contribution in [2.45, 2.75) is 52.7 Å². The Morgan fingerprint density at radius 1 is 1.15 bits per heavy atom. The first-order valence-electron chi connectivity index (χ1n) is 8.09. The van der Waals surface area contributed by atoms with Gasteiger partial charge in [0.15, 0.2) is 0 Å². The van der Waals surface area contributed by atoms with E-state index >= 15 is 0 Å². The standard InChI is InChI=1S/C16H30N2O2/c1-11-7-12(2)9-18(8-11)16(20)14(4)17-6-5-13(3)15(19)10-17/h11-15,19H,5-10H2,1-4H3. The quantitative estimate of drug-likeness (QED) is 0.836. The summed E-state index contributed by atoms with van der Waals surface area (Å²) in [6.07, 6.45) is 1.90. The largest absolute Gasteiger partial charge is 0.392 e. The highest BCUT2D eigenvalue weighted by molar-refractivity contribution is 5.81. The predicted molar refractivity (Wildman–Crippen MR) is 80.3 cm³/mol. The van der Waals surface area contributed by atoms with Gasteiger partial charge in [0.25, 0.3) is 0 Å². The number of β-amino-alcohol motifs (C(OH)–C–C–N with tert-alkyl or cyclic N) is 1. The van der Waals surface area contributed by atoms with Crippen molar-refractivity contribution in [1.82, 2.24) is 9.80 Å². The van der Waals surface area contributed by atoms with Gasteiger partial charge in [-0.3, -0.25) is 9.69 Å². The molecule has 2 rings (SSSR count). The first-order valence-corrected chi connectivity index (χ1v) is 8.09. The summed E-state index contributed by atoms with van der Waals surface area (Å²) in [5.41, 5.74) is 0. The second-order valence-corrected chi connectivity index (χ2v) is 7.19. The summed E-state index contributed by atoms with van der Waals surface area (Å²) in [6, 6.07) is -0.102. The average Bonchev–Trinajstić information content (AvgIpc) is 2.39. The molecule has 20 heavy (non-hydrogen) atoms. The molecular weight excluding hydrogens is 252 g/mol. The molecule has 0 aliphatic carbocycles. The first-order chi connectivity index (χ1) is 9.38. The normalized spacial score (nSPS) is 37.8. The van der Waals surface area contributed by atoms with Gasteiger partial charge in [0, 0.05) is 19.6 Å². The number of piperidine rings is 2. The Morgan fingerprint density at radius 3 is 2.30 bits per heavy atom. The molecule has 0 aromatic heterocycles. The SMILES string of the molecule is CC1CC(C)CN(C(=O)C(C)N2CCC(C)C(O)C2)C1. The number of rotatable bonds is 2. The third-order valence-electron chi connectivity index (χ3n) is 5.04. The van der Waals surface area contributed by atoms with E-state index in [1.54, 1.807) is 0 Å². The van der Waals surface area contributed by atoms with Crippen LogP contribution in [0.2, 0.25) is 0 Å². The lowest BCUT2D eigenvalue weighted by atomic mass is 9.91. The fourth-order valence-electron chi connectivity index (χ4n) is 3.69. The van der Waals surface area contributed by atoms with Crippen LogP contribution in [-0.4, -0.2) is 59.1 Å². The van der Waals surface area contributed by atoms with Gasteiger partial charge in [-0.1, -0.05) is 20.8 Å². The molecular formula is C16H30N2O2. The van der Waals surface area contributed by atoms with Crippen LogP contribution in [0.5, 0.6) is 0 Å². The van der Waals surface area contributed by atoms with Gasteiger partial charge < -0.3 is 10.0 Å². The molecule has 2 aliphatic rings. The molecule has 4 heteroatoms. The fourth-order valence-corrected chi connectivity index (χ4v) is 3.69. The zero-order chi connectivity index (χ0) is 14.9. The van der Waals surface area contributed by atoms with Crippen LogP contribution >= 0.6 is 0 Å². The Bertz CT molecular complexity index is 337. The molecule has 2 saturated heterocycles. The van der Waals surface area contributed by atoms with E-state index < -0.39 is 0 Å². The Labute approximate surface area is 123 Å². The third kappa shape index (κ3) is 3.53. The van der Waals surface area contributed by atoms with E-state index in [-0.39, 0.29) is 18.1 Å². The van der Waals surface area contributed by atoms with Crippen LogP contribution in [0.4, 0.5) is 0 Å². The van der Waals surface area contributed by atoms with Crippen molar-refractivity contribution >= 4 is 5.91 Å². The van der Waals surface area contributed by atoms with E-state index in [1.807, 2.05) is 11.8 Å². The number of aliphatic hydroxyl groups is 1. The Kier molecular flexibility index (Phi) is 5.08. The minimum Gasteiger partial charge on any atom is -0.392 e. The molecule has 5 unspecified atom stereocenters. The summed E-state index contributed by atoms with van der Waals surface area (Å²) in [7, 11) is 0. The maximum absolute atomic E-state index is 12.7. The second-order valence-electron chi connectivity index (χ2n) is 7.19. The highest BCUT2D eigenvalue weighted by Gasteiger charge is 2.34. The molecule has 0 bridgehead atoms. The van der Waals surface area contributed by atoms with E-state index in [4.69, 9.17) is 0 Å². The molecule has 0 aromatic carbocycles. The Hall–Kier alpha value is -0.610. The second kappa shape index (κ2) is 6.44. The number of aliphatic hydroxyl groups excluding tert-OH is 1. The van der Waals surface area contributed by atoms with Crippen molar-refractivity contribution in [3.8, 4) is 0 Å². The molecule has 0 aromatic rings. The van der Waals surface area contributed by atoms with Crippen LogP contribution in [0.3, 0.4) is 0 Å². The van der Waals surface area contributed by atoms with E-state index in [0.29, 0.717) is 24.3 Å². The van der Waals surface area contributed by atoms with Gasteiger partial charge in [-0.15, -0.1) is 0 Å². The van der Waals surface area contributed by atoms with Crippen LogP contribution in [0.25, 0.3) is 0 Å². The molecule has 1 amide bonds. The molecule has 2 fully saturated rings. The first kappa shape index (κ1) is 15.8. The zero-order valence-corrected chi connectivity index (χ0v) is 13.4. The lowest BCUT2D eigenvalue weighted by molar-refractivity contribution is -0.140. The molecule has 1 N–H and O–H groups in total. The lowest BCUT2D eigenvalue weighted by Crippen LogP contribution is -2.55. The van der Waals surface area contributed by atoms with Crippen molar-refractivity contribution in [2.24, 2.45) is 17.8 Å². The van der Waals surface area contributed by atoms with Gasteiger partial charge in [-0.25, -0.2) is 0 Å². The van der Waals surface area contributed by atoms with Crippen molar-refractivity contribution in [3.63, 3.8) is 0 Å². The van der Waals surface area contributed by atoms with E-state index in [0.717, 1.165) is 26.1 Å². The van der Waals surface area contributed by atoms with Crippen LogP contribution in [0.1, 0.15) is 40.5 Å². The van der Waals surface area contributed by atoms with Crippen LogP contribution < -0.4 is 0 Å². The molecule has 4 nitrogen and oxygen atoms in total. The van der Waals surface area contributed by atoms with Gasteiger partial charge >= 0.3 is 0 Å². The number of likely N-dealkylation sites (tertiary alicyclic amines) is 2. The maximum atomic E-state index is 12.7. The summed E-state index contributed by atoms with van der Waals surface area (Å²) in [5.74, 6) is 1.79. The zero-order valence-electron chi connectivity index (χ0n) is 13.4. The van der Waals surface area contributed by atoms with Gasteiger partial charge in [0.1, 0.15) is 0 Å². The smallest absolute Gasteiger partial charge is 0.239 e. The van der Waals surface area contributed by atoms with E-state index in [1.165, 1.54) is 6.42 Å². The van der Waals surface area contributed by atoms with Crippen LogP contribution in [0.15, 0.2) is 0 Å². The fraction of sp³-hybridized carbons (Fsp3) is 0.938. The minimum atomic E-state index is -0.293. The number of hydrogen-bond donors (Lipinski definition) is 1. The number of carbonyl (C=O) groups is 1.